The first kappa shape index (κ1) is 13.9. The van der Waals surface area contributed by atoms with Gasteiger partial charge in [-0.3, -0.25) is 0 Å². The molecule has 0 saturated carbocycles. The summed E-state index contributed by atoms with van der Waals surface area (Å²) in [5, 5.41) is 3.64. The molecule has 1 aliphatic rings. The minimum Gasteiger partial charge on any atom is -0.307 e. The minimum absolute atomic E-state index is 0.0361. The van der Waals surface area contributed by atoms with Crippen molar-refractivity contribution in [3.8, 4) is 0 Å². The fraction of sp³-hybridized carbons (Fsp3) is 0.600. The van der Waals surface area contributed by atoms with Crippen LogP contribution in [0, 0.1) is 5.82 Å². The highest BCUT2D eigenvalue weighted by Crippen LogP contribution is 2.33. The molecule has 18 heavy (non-hydrogen) atoms. The number of thioether (sulfide) groups is 1. The van der Waals surface area contributed by atoms with E-state index in [2.05, 4.69) is 25.2 Å². The van der Waals surface area contributed by atoms with Crippen molar-refractivity contribution in [2.75, 3.05) is 11.5 Å². The molecule has 0 heterocycles. The van der Waals surface area contributed by atoms with E-state index in [0.29, 0.717) is 12.1 Å². The molecular weight excluding hydrogens is 245 g/mol. The van der Waals surface area contributed by atoms with E-state index in [9.17, 15) is 4.39 Å². The molecule has 0 aliphatic heterocycles. The molecule has 2 atom stereocenters. The SMILES string of the molecule is CCSCCC(C)NC1CCc2c(F)cccc21. The predicted octanol–water partition coefficient (Wildman–Crippen LogP) is 3.93. The molecule has 0 aromatic heterocycles. The summed E-state index contributed by atoms with van der Waals surface area (Å²) in [6.45, 7) is 4.42. The van der Waals surface area contributed by atoms with Crippen molar-refractivity contribution in [2.24, 2.45) is 0 Å². The number of rotatable bonds is 6. The molecule has 1 N–H and O–H groups in total. The Morgan fingerprint density at radius 2 is 2.33 bits per heavy atom. The van der Waals surface area contributed by atoms with Crippen LogP contribution in [0.25, 0.3) is 0 Å². The number of benzene rings is 1. The zero-order valence-electron chi connectivity index (χ0n) is 11.2. The van der Waals surface area contributed by atoms with Crippen molar-refractivity contribution in [3.63, 3.8) is 0 Å². The zero-order chi connectivity index (χ0) is 13.0. The van der Waals surface area contributed by atoms with E-state index in [1.54, 1.807) is 6.07 Å². The zero-order valence-corrected chi connectivity index (χ0v) is 12.0. The van der Waals surface area contributed by atoms with E-state index in [1.807, 2.05) is 17.8 Å². The van der Waals surface area contributed by atoms with Crippen LogP contribution in [0.2, 0.25) is 0 Å². The van der Waals surface area contributed by atoms with Crippen molar-refractivity contribution >= 4 is 11.8 Å². The second-order valence-electron chi connectivity index (χ2n) is 4.95. The van der Waals surface area contributed by atoms with Crippen molar-refractivity contribution < 1.29 is 4.39 Å². The van der Waals surface area contributed by atoms with E-state index in [4.69, 9.17) is 0 Å². The monoisotopic (exact) mass is 267 g/mol. The molecule has 100 valence electrons. The second-order valence-corrected chi connectivity index (χ2v) is 6.35. The average Bonchev–Trinajstić information content (AvgIpc) is 2.74. The maximum atomic E-state index is 13.6. The highest BCUT2D eigenvalue weighted by molar-refractivity contribution is 7.99. The van der Waals surface area contributed by atoms with Crippen LogP contribution in [0.15, 0.2) is 18.2 Å². The van der Waals surface area contributed by atoms with Gasteiger partial charge in [0.25, 0.3) is 0 Å². The van der Waals surface area contributed by atoms with Gasteiger partial charge in [-0.1, -0.05) is 19.1 Å². The molecule has 1 aliphatic carbocycles. The van der Waals surface area contributed by atoms with Crippen LogP contribution in [-0.2, 0) is 6.42 Å². The molecule has 0 bridgehead atoms. The number of fused-ring (bicyclic) bond motifs is 1. The quantitative estimate of drug-likeness (QED) is 0.784. The van der Waals surface area contributed by atoms with Gasteiger partial charge in [0.15, 0.2) is 0 Å². The van der Waals surface area contributed by atoms with Crippen LogP contribution in [0.3, 0.4) is 0 Å². The van der Waals surface area contributed by atoms with Crippen molar-refractivity contribution in [1.82, 2.24) is 5.32 Å². The number of halogens is 1. The molecular formula is C15H22FNS. The van der Waals surface area contributed by atoms with Crippen LogP contribution in [0.5, 0.6) is 0 Å². The van der Waals surface area contributed by atoms with Crippen molar-refractivity contribution in [3.05, 3.63) is 35.1 Å². The molecule has 2 rings (SSSR count). The first-order valence-corrected chi connectivity index (χ1v) is 7.99. The smallest absolute Gasteiger partial charge is 0.126 e. The highest BCUT2D eigenvalue weighted by Gasteiger charge is 2.25. The Balaban J connectivity index is 1.91. The van der Waals surface area contributed by atoms with Gasteiger partial charge in [0, 0.05) is 12.1 Å². The lowest BCUT2D eigenvalue weighted by atomic mass is 10.1. The fourth-order valence-electron chi connectivity index (χ4n) is 2.61. The summed E-state index contributed by atoms with van der Waals surface area (Å²) in [5.41, 5.74) is 2.09. The molecule has 1 aromatic rings. The molecule has 0 spiro atoms. The van der Waals surface area contributed by atoms with Gasteiger partial charge in [-0.15, -0.1) is 0 Å². The molecule has 0 fully saturated rings. The van der Waals surface area contributed by atoms with Crippen LogP contribution < -0.4 is 5.32 Å². The normalized spacial score (nSPS) is 19.8. The lowest BCUT2D eigenvalue weighted by Crippen LogP contribution is -2.29. The van der Waals surface area contributed by atoms with Gasteiger partial charge in [0.1, 0.15) is 5.82 Å². The van der Waals surface area contributed by atoms with E-state index in [1.165, 1.54) is 23.5 Å². The maximum Gasteiger partial charge on any atom is 0.126 e. The van der Waals surface area contributed by atoms with Crippen LogP contribution in [-0.4, -0.2) is 17.5 Å². The Hall–Kier alpha value is -0.540. The van der Waals surface area contributed by atoms with Crippen molar-refractivity contribution in [2.45, 2.75) is 45.2 Å². The van der Waals surface area contributed by atoms with Gasteiger partial charge >= 0.3 is 0 Å². The second kappa shape index (κ2) is 6.58. The third-order valence-electron chi connectivity index (χ3n) is 3.60. The third kappa shape index (κ3) is 3.27. The minimum atomic E-state index is -0.0361. The van der Waals surface area contributed by atoms with Gasteiger partial charge in [0.05, 0.1) is 0 Å². The molecule has 1 aromatic carbocycles. The van der Waals surface area contributed by atoms with Gasteiger partial charge in [-0.2, -0.15) is 11.8 Å². The molecule has 0 amide bonds. The summed E-state index contributed by atoms with van der Waals surface area (Å²) < 4.78 is 13.6. The number of hydrogen-bond donors (Lipinski definition) is 1. The Morgan fingerprint density at radius 3 is 3.11 bits per heavy atom. The molecule has 0 saturated heterocycles. The summed E-state index contributed by atoms with van der Waals surface area (Å²) in [6, 6.07) is 6.31. The molecule has 3 heteroatoms. The van der Waals surface area contributed by atoms with Crippen LogP contribution in [0.1, 0.15) is 43.9 Å². The lowest BCUT2D eigenvalue weighted by molar-refractivity contribution is 0.446. The van der Waals surface area contributed by atoms with Crippen LogP contribution in [0.4, 0.5) is 4.39 Å². The largest absolute Gasteiger partial charge is 0.307 e. The van der Waals surface area contributed by atoms with E-state index in [-0.39, 0.29) is 5.82 Å². The van der Waals surface area contributed by atoms with Gasteiger partial charge in [-0.25, -0.2) is 4.39 Å². The van der Waals surface area contributed by atoms with Gasteiger partial charge < -0.3 is 5.32 Å². The molecule has 2 unspecified atom stereocenters. The maximum absolute atomic E-state index is 13.6. The Morgan fingerprint density at radius 1 is 1.50 bits per heavy atom. The van der Waals surface area contributed by atoms with E-state index < -0.39 is 0 Å². The standard InChI is InChI=1S/C15H22FNS/c1-3-18-10-9-11(2)17-15-8-7-12-13(15)5-4-6-14(12)16/h4-6,11,15,17H,3,7-10H2,1-2H3. The predicted molar refractivity (Wildman–Crippen MR) is 77.7 cm³/mol. The first-order chi connectivity index (χ1) is 8.72. The fourth-order valence-corrected chi connectivity index (χ4v) is 3.42. The van der Waals surface area contributed by atoms with E-state index >= 15 is 0 Å². The van der Waals surface area contributed by atoms with Gasteiger partial charge in [-0.05, 0) is 54.9 Å². The lowest BCUT2D eigenvalue weighted by Gasteiger charge is -2.20. The molecule has 1 nitrogen and oxygen atoms in total. The average molecular weight is 267 g/mol. The first-order valence-electron chi connectivity index (χ1n) is 6.83. The van der Waals surface area contributed by atoms with Crippen LogP contribution >= 0.6 is 11.8 Å². The summed E-state index contributed by atoms with van der Waals surface area (Å²) in [4.78, 5) is 0. The summed E-state index contributed by atoms with van der Waals surface area (Å²) in [5.74, 6) is 2.35. The number of nitrogens with one attached hydrogen (secondary N) is 1. The van der Waals surface area contributed by atoms with E-state index in [0.717, 1.165) is 18.4 Å². The summed E-state index contributed by atoms with van der Waals surface area (Å²) in [6.07, 6.45) is 3.08. The topological polar surface area (TPSA) is 12.0 Å². The Kier molecular flexibility index (Phi) is 5.07. The highest BCUT2D eigenvalue weighted by atomic mass is 32.2. The summed E-state index contributed by atoms with van der Waals surface area (Å²) in [7, 11) is 0. The van der Waals surface area contributed by atoms with Crippen molar-refractivity contribution in [1.29, 1.82) is 0 Å². The molecule has 0 radical (unpaired) electrons. The summed E-state index contributed by atoms with van der Waals surface area (Å²) >= 11 is 1.98. The Bertz CT molecular complexity index is 394. The third-order valence-corrected chi connectivity index (χ3v) is 4.53. The number of hydrogen-bond acceptors (Lipinski definition) is 2. The Labute approximate surface area is 114 Å². The van der Waals surface area contributed by atoms with Gasteiger partial charge in [0.2, 0.25) is 0 Å².